The lowest BCUT2D eigenvalue weighted by atomic mass is 10.0. The Hall–Kier alpha value is -1.43. The first-order chi connectivity index (χ1) is 10.2. The van der Waals surface area contributed by atoms with Gasteiger partial charge in [-0.05, 0) is 64.5 Å². The van der Waals surface area contributed by atoms with E-state index < -0.39 is 0 Å². The minimum absolute atomic E-state index is 0.225. The molecule has 4 nitrogen and oxygen atoms in total. The van der Waals surface area contributed by atoms with Gasteiger partial charge in [0.2, 0.25) is 0 Å². The molecule has 5 heteroatoms. The highest BCUT2D eigenvalue weighted by atomic mass is 79.9. The molecule has 21 heavy (non-hydrogen) atoms. The quantitative estimate of drug-likeness (QED) is 0.596. The number of nitrogens with one attached hydrogen (secondary N) is 1. The Morgan fingerprint density at radius 3 is 2.62 bits per heavy atom. The summed E-state index contributed by atoms with van der Waals surface area (Å²) in [4.78, 5) is 4.18. The summed E-state index contributed by atoms with van der Waals surface area (Å²) in [6.45, 7) is 0. The molecule has 0 fully saturated rings. The van der Waals surface area contributed by atoms with Crippen LogP contribution in [0.3, 0.4) is 0 Å². The molecular weight excluding hydrogens is 330 g/mol. The topological polar surface area (TPSA) is 60.2 Å². The Morgan fingerprint density at radius 2 is 2.00 bits per heavy atom. The van der Waals surface area contributed by atoms with E-state index in [0.29, 0.717) is 0 Å². The number of nitrogens with two attached hydrogens (primary N) is 1. The van der Waals surface area contributed by atoms with Crippen molar-refractivity contribution in [3.8, 4) is 5.75 Å². The van der Waals surface area contributed by atoms with Gasteiger partial charge in [-0.3, -0.25) is 16.3 Å². The molecule has 112 valence electrons. The molecule has 0 bridgehead atoms. The standard InChI is InChI=1S/C16H20BrN3O/c1-21-16-6-3-12(4-7-16)2-5-15(20-18)9-13-8-14(17)11-19-10-13/h3-4,6-8,10-11,15,20H,2,5,9,18H2,1H3. The van der Waals surface area contributed by atoms with Crippen molar-refractivity contribution >= 4 is 15.9 Å². The molecule has 2 rings (SSSR count). The minimum atomic E-state index is 0.225. The molecule has 0 radical (unpaired) electrons. The van der Waals surface area contributed by atoms with Gasteiger partial charge in [-0.1, -0.05) is 12.1 Å². The van der Waals surface area contributed by atoms with Crippen molar-refractivity contribution in [1.29, 1.82) is 0 Å². The molecule has 1 aromatic heterocycles. The first-order valence-electron chi connectivity index (χ1n) is 6.89. The summed E-state index contributed by atoms with van der Waals surface area (Å²) in [5.74, 6) is 6.55. The average Bonchev–Trinajstić information content (AvgIpc) is 2.52. The van der Waals surface area contributed by atoms with E-state index in [1.807, 2.05) is 18.3 Å². The first-order valence-corrected chi connectivity index (χ1v) is 7.69. The molecule has 0 amide bonds. The molecule has 1 atom stereocenters. The van der Waals surface area contributed by atoms with E-state index in [-0.39, 0.29) is 6.04 Å². The van der Waals surface area contributed by atoms with E-state index in [2.05, 4.69) is 44.5 Å². The zero-order valence-corrected chi connectivity index (χ0v) is 13.6. The average molecular weight is 350 g/mol. The number of halogens is 1. The molecule has 0 aliphatic heterocycles. The SMILES string of the molecule is COc1ccc(CCC(Cc2cncc(Br)c2)NN)cc1. The maximum absolute atomic E-state index is 5.67. The number of aromatic nitrogens is 1. The van der Waals surface area contributed by atoms with Gasteiger partial charge in [-0.2, -0.15) is 0 Å². The number of aryl methyl sites for hydroxylation is 1. The Kier molecular flexibility index (Phi) is 6.17. The van der Waals surface area contributed by atoms with Crippen molar-refractivity contribution in [2.75, 3.05) is 7.11 Å². The van der Waals surface area contributed by atoms with Crippen LogP contribution in [-0.4, -0.2) is 18.1 Å². The highest BCUT2D eigenvalue weighted by Crippen LogP contribution is 2.15. The number of hydrazine groups is 1. The number of rotatable bonds is 7. The smallest absolute Gasteiger partial charge is 0.118 e. The van der Waals surface area contributed by atoms with E-state index in [1.165, 1.54) is 11.1 Å². The minimum Gasteiger partial charge on any atom is -0.497 e. The third kappa shape index (κ3) is 5.12. The fourth-order valence-corrected chi connectivity index (χ4v) is 2.64. The van der Waals surface area contributed by atoms with E-state index in [1.54, 1.807) is 13.3 Å². The normalized spacial score (nSPS) is 12.1. The van der Waals surface area contributed by atoms with Crippen LogP contribution in [0.4, 0.5) is 0 Å². The van der Waals surface area contributed by atoms with Crippen LogP contribution >= 0.6 is 15.9 Å². The number of benzene rings is 1. The summed E-state index contributed by atoms with van der Waals surface area (Å²) in [5, 5.41) is 0. The van der Waals surface area contributed by atoms with Crippen LogP contribution in [0.1, 0.15) is 17.5 Å². The fourth-order valence-electron chi connectivity index (χ4n) is 2.23. The van der Waals surface area contributed by atoms with Crippen molar-refractivity contribution in [2.24, 2.45) is 5.84 Å². The summed E-state index contributed by atoms with van der Waals surface area (Å²) in [6, 6.07) is 10.4. The molecular formula is C16H20BrN3O. The maximum atomic E-state index is 5.67. The third-order valence-electron chi connectivity index (χ3n) is 3.42. The van der Waals surface area contributed by atoms with E-state index in [0.717, 1.165) is 29.5 Å². The highest BCUT2D eigenvalue weighted by Gasteiger charge is 2.09. The second-order valence-electron chi connectivity index (χ2n) is 4.97. The number of pyridine rings is 1. The summed E-state index contributed by atoms with van der Waals surface area (Å²) in [7, 11) is 1.68. The molecule has 0 saturated carbocycles. The van der Waals surface area contributed by atoms with Crippen LogP contribution in [0.2, 0.25) is 0 Å². The van der Waals surface area contributed by atoms with Crippen LogP contribution in [-0.2, 0) is 12.8 Å². The van der Waals surface area contributed by atoms with E-state index in [4.69, 9.17) is 10.6 Å². The molecule has 1 heterocycles. The van der Waals surface area contributed by atoms with Crippen LogP contribution in [0, 0.1) is 0 Å². The summed E-state index contributed by atoms with van der Waals surface area (Å²) < 4.78 is 6.15. The van der Waals surface area contributed by atoms with Gasteiger partial charge in [0.15, 0.2) is 0 Å². The van der Waals surface area contributed by atoms with Gasteiger partial charge in [-0.25, -0.2) is 0 Å². The fraction of sp³-hybridized carbons (Fsp3) is 0.312. The molecule has 0 aliphatic carbocycles. The second kappa shape index (κ2) is 8.12. The maximum Gasteiger partial charge on any atom is 0.118 e. The number of ether oxygens (including phenoxy) is 1. The van der Waals surface area contributed by atoms with Crippen LogP contribution < -0.4 is 16.0 Å². The summed E-state index contributed by atoms with van der Waals surface area (Å²) >= 11 is 3.44. The Morgan fingerprint density at radius 1 is 1.24 bits per heavy atom. The van der Waals surface area contributed by atoms with Gasteiger partial charge < -0.3 is 4.74 Å². The number of nitrogens with zero attached hydrogens (tertiary/aromatic N) is 1. The van der Waals surface area contributed by atoms with Crippen LogP contribution in [0.15, 0.2) is 47.2 Å². The van der Waals surface area contributed by atoms with Gasteiger partial charge >= 0.3 is 0 Å². The Labute approximate surface area is 133 Å². The molecule has 2 aromatic rings. The largest absolute Gasteiger partial charge is 0.497 e. The summed E-state index contributed by atoms with van der Waals surface area (Å²) in [6.07, 6.45) is 6.46. The first kappa shape index (κ1) is 15.9. The van der Waals surface area contributed by atoms with E-state index >= 15 is 0 Å². The third-order valence-corrected chi connectivity index (χ3v) is 3.85. The highest BCUT2D eigenvalue weighted by molar-refractivity contribution is 9.10. The molecule has 0 saturated heterocycles. The van der Waals surface area contributed by atoms with Crippen molar-refractivity contribution in [1.82, 2.24) is 10.4 Å². The molecule has 1 aromatic carbocycles. The number of hydrogen-bond acceptors (Lipinski definition) is 4. The number of methoxy groups -OCH3 is 1. The van der Waals surface area contributed by atoms with Gasteiger partial charge in [0.1, 0.15) is 5.75 Å². The van der Waals surface area contributed by atoms with Gasteiger partial charge in [0.05, 0.1) is 7.11 Å². The predicted octanol–water partition coefficient (Wildman–Crippen LogP) is 2.86. The van der Waals surface area contributed by atoms with Crippen LogP contribution in [0.5, 0.6) is 5.75 Å². The van der Waals surface area contributed by atoms with Gasteiger partial charge in [0, 0.05) is 22.9 Å². The Balaban J connectivity index is 1.89. The number of hydrogen-bond donors (Lipinski definition) is 2. The van der Waals surface area contributed by atoms with Crippen molar-refractivity contribution < 1.29 is 4.74 Å². The van der Waals surface area contributed by atoms with E-state index in [9.17, 15) is 0 Å². The monoisotopic (exact) mass is 349 g/mol. The lowest BCUT2D eigenvalue weighted by Gasteiger charge is -2.16. The van der Waals surface area contributed by atoms with Gasteiger partial charge in [-0.15, -0.1) is 0 Å². The zero-order valence-electron chi connectivity index (χ0n) is 12.1. The lowest BCUT2D eigenvalue weighted by molar-refractivity contribution is 0.414. The van der Waals surface area contributed by atoms with Crippen molar-refractivity contribution in [3.63, 3.8) is 0 Å². The Bertz CT molecular complexity index is 560. The molecule has 3 N–H and O–H groups in total. The van der Waals surface area contributed by atoms with Crippen molar-refractivity contribution in [2.45, 2.75) is 25.3 Å². The molecule has 0 aliphatic rings. The predicted molar refractivity (Wildman–Crippen MR) is 88.1 cm³/mol. The summed E-state index contributed by atoms with van der Waals surface area (Å²) in [5.41, 5.74) is 5.34. The molecule has 0 spiro atoms. The van der Waals surface area contributed by atoms with Crippen LogP contribution in [0.25, 0.3) is 0 Å². The van der Waals surface area contributed by atoms with Gasteiger partial charge in [0.25, 0.3) is 0 Å². The molecule has 1 unspecified atom stereocenters. The zero-order chi connectivity index (χ0) is 15.1. The van der Waals surface area contributed by atoms with Crippen molar-refractivity contribution in [3.05, 3.63) is 58.3 Å². The lowest BCUT2D eigenvalue weighted by Crippen LogP contribution is -2.37. The second-order valence-corrected chi connectivity index (χ2v) is 5.88.